The SMILES string of the molecule is CC1=C(C)N(c2[c-]cccc2)[CH-]N1CCCCN1[CH-]N(c2[c-]cccc2)C(C)=C1C.Cn1[c-]c(-c2[c-][n+](C)nn2C)nn1.[Ir]. The van der Waals surface area contributed by atoms with E-state index in [1.54, 1.807) is 23.5 Å². The van der Waals surface area contributed by atoms with Gasteiger partial charge in [0, 0.05) is 43.8 Å². The number of nitrogens with zero attached hydrogens (tertiary/aromatic N) is 10. The van der Waals surface area contributed by atoms with Crippen molar-refractivity contribution in [3.63, 3.8) is 0 Å². The Kier molecular flexibility index (Phi) is 11.0. The zero-order valence-corrected chi connectivity index (χ0v) is 28.8. The molecule has 2 aromatic carbocycles. The Morgan fingerprint density at radius 3 is 1.68 bits per heavy atom. The maximum Gasteiger partial charge on any atom is 0.0804 e. The van der Waals surface area contributed by atoms with Crippen LogP contribution < -0.4 is 14.5 Å². The third-order valence-corrected chi connectivity index (χ3v) is 7.72. The van der Waals surface area contributed by atoms with Crippen molar-refractivity contribution >= 4 is 11.4 Å². The van der Waals surface area contributed by atoms with Gasteiger partial charge in [-0.1, -0.05) is 11.9 Å². The fourth-order valence-electron chi connectivity index (χ4n) is 5.07. The van der Waals surface area contributed by atoms with E-state index in [2.05, 4.69) is 125 Å². The Bertz CT molecular complexity index is 1500. The summed E-state index contributed by atoms with van der Waals surface area (Å²) in [4.78, 5) is 9.19. The third kappa shape index (κ3) is 7.39. The molecule has 0 bridgehead atoms. The molecule has 0 spiro atoms. The number of unbranched alkanes of at least 4 members (excludes halogenated alkanes) is 1. The molecule has 2 aromatic heterocycles. The molecule has 4 aromatic rings. The van der Waals surface area contributed by atoms with Crippen LogP contribution in [0.1, 0.15) is 40.5 Å². The van der Waals surface area contributed by atoms with Gasteiger partial charge in [0.15, 0.2) is 0 Å². The number of allylic oxidation sites excluding steroid dienone is 4. The summed E-state index contributed by atoms with van der Waals surface area (Å²) in [7, 11) is 5.40. The molecule has 2 aliphatic heterocycles. The number of aryl methyl sites for hydroxylation is 3. The van der Waals surface area contributed by atoms with Crippen LogP contribution in [0.2, 0.25) is 0 Å². The third-order valence-electron chi connectivity index (χ3n) is 7.72. The normalized spacial score (nSPS) is 14.8. The van der Waals surface area contributed by atoms with Crippen molar-refractivity contribution in [2.75, 3.05) is 22.9 Å². The van der Waals surface area contributed by atoms with Crippen LogP contribution in [-0.2, 0) is 41.2 Å². The van der Waals surface area contributed by atoms with Gasteiger partial charge in [-0.25, -0.2) is 15.6 Å². The van der Waals surface area contributed by atoms with Gasteiger partial charge in [-0.15, -0.1) is 16.6 Å². The first-order valence-electron chi connectivity index (χ1n) is 14.4. The summed E-state index contributed by atoms with van der Waals surface area (Å²) >= 11 is 0. The predicted molar refractivity (Wildman–Crippen MR) is 166 cm³/mol. The van der Waals surface area contributed by atoms with E-state index in [4.69, 9.17) is 0 Å². The molecule has 0 saturated heterocycles. The zero-order valence-electron chi connectivity index (χ0n) is 26.4. The quantitative estimate of drug-likeness (QED) is 0.150. The van der Waals surface area contributed by atoms with Crippen LogP contribution in [0.25, 0.3) is 11.4 Å². The second kappa shape index (κ2) is 14.7. The van der Waals surface area contributed by atoms with Crippen molar-refractivity contribution in [2.45, 2.75) is 40.5 Å². The van der Waals surface area contributed by atoms with E-state index in [9.17, 15) is 0 Å². The van der Waals surface area contributed by atoms with E-state index in [-0.39, 0.29) is 20.1 Å². The van der Waals surface area contributed by atoms with Gasteiger partial charge in [0.05, 0.1) is 14.1 Å². The molecule has 6 rings (SSSR count). The molecule has 0 N–H and O–H groups in total. The standard InChI is InChI=1S/C26H30N4.C7H9N6.Ir/c1-21-23(3)29(25-13-7-5-8-14-25)19-27(21)17-11-12-18-28-20-30(24(4)22(28)2)26-15-9-6-10-16-26;1-11-4-6(8-9-11)7-5-12(2)10-13(7)3;/h5-10,13,15,19-20H,11-12,17-18H2,1-4H3;1-3H3;/q-4;-1;. The number of rotatable bonds is 8. The summed E-state index contributed by atoms with van der Waals surface area (Å²) in [6.07, 6.45) is 8.21. The van der Waals surface area contributed by atoms with Gasteiger partial charge in [-0.3, -0.25) is 5.10 Å². The number of hydrogen-bond acceptors (Lipinski definition) is 7. The van der Waals surface area contributed by atoms with Crippen LogP contribution in [0.4, 0.5) is 11.4 Å². The minimum absolute atomic E-state index is 0. The van der Waals surface area contributed by atoms with Crippen molar-refractivity contribution < 1.29 is 24.8 Å². The van der Waals surface area contributed by atoms with Crippen LogP contribution in [0, 0.1) is 37.9 Å². The molecule has 10 nitrogen and oxygen atoms in total. The molecule has 0 aliphatic carbocycles. The van der Waals surface area contributed by atoms with E-state index >= 15 is 0 Å². The van der Waals surface area contributed by atoms with Gasteiger partial charge in [-0.05, 0) is 65.0 Å². The molecule has 0 fully saturated rings. The van der Waals surface area contributed by atoms with Gasteiger partial charge < -0.3 is 24.3 Å². The molecular weight excluding hydrogens is 729 g/mol. The van der Waals surface area contributed by atoms with Crippen LogP contribution >= 0.6 is 0 Å². The Morgan fingerprint density at radius 2 is 1.30 bits per heavy atom. The second-order valence-electron chi connectivity index (χ2n) is 10.7. The first-order valence-corrected chi connectivity index (χ1v) is 14.4. The topological polar surface area (TPSA) is 65.4 Å². The molecule has 1 radical (unpaired) electrons. The van der Waals surface area contributed by atoms with Crippen molar-refractivity contribution in [1.29, 1.82) is 0 Å². The molecule has 4 heterocycles. The van der Waals surface area contributed by atoms with Gasteiger partial charge >= 0.3 is 0 Å². The second-order valence-corrected chi connectivity index (χ2v) is 10.7. The average Bonchev–Trinajstić information content (AvgIpc) is 3.75. The van der Waals surface area contributed by atoms with Crippen molar-refractivity contribution in [1.82, 2.24) is 34.7 Å². The minimum Gasteiger partial charge on any atom is -0.505 e. The summed E-state index contributed by atoms with van der Waals surface area (Å²) < 4.78 is 4.80. The first-order chi connectivity index (χ1) is 20.7. The van der Waals surface area contributed by atoms with Gasteiger partial charge in [0.2, 0.25) is 0 Å². The summed E-state index contributed by atoms with van der Waals surface area (Å²) in [6.45, 7) is 15.2. The Labute approximate surface area is 275 Å². The van der Waals surface area contributed by atoms with E-state index < -0.39 is 0 Å². The molecule has 11 heteroatoms. The zero-order chi connectivity index (χ0) is 30.5. The molecular formula is C33H39IrN10-5. The van der Waals surface area contributed by atoms with E-state index in [1.165, 1.54) is 27.5 Å². The maximum absolute atomic E-state index is 4.08. The van der Waals surface area contributed by atoms with Crippen LogP contribution in [0.5, 0.6) is 0 Å². The molecule has 44 heavy (non-hydrogen) atoms. The van der Waals surface area contributed by atoms with E-state index in [0.29, 0.717) is 5.69 Å². The average molecular weight is 768 g/mol. The Balaban J connectivity index is 0.000000264. The van der Waals surface area contributed by atoms with Gasteiger partial charge in [0.1, 0.15) is 0 Å². The minimum atomic E-state index is 0. The van der Waals surface area contributed by atoms with E-state index in [0.717, 1.165) is 43.0 Å². The van der Waals surface area contributed by atoms with Gasteiger partial charge in [-0.2, -0.15) is 79.7 Å². The first kappa shape index (κ1) is 33.0. The Morgan fingerprint density at radius 1 is 0.773 bits per heavy atom. The Hall–Kier alpha value is -3.95. The van der Waals surface area contributed by atoms with Crippen molar-refractivity contribution in [3.05, 3.63) is 109 Å². The van der Waals surface area contributed by atoms with Crippen molar-refractivity contribution in [3.8, 4) is 11.4 Å². The number of hydrogen-bond donors (Lipinski definition) is 0. The summed E-state index contributed by atoms with van der Waals surface area (Å²) in [5.41, 5.74) is 8.79. The molecule has 0 atom stereocenters. The molecule has 0 unspecified atom stereocenters. The number of para-hydroxylation sites is 2. The molecule has 0 saturated carbocycles. The fraction of sp³-hybridized carbons (Fsp3) is 0.333. The number of benzene rings is 2. The number of anilines is 2. The molecule has 0 amide bonds. The molecule has 235 valence electrons. The largest absolute Gasteiger partial charge is 0.505 e. The maximum atomic E-state index is 4.08. The van der Waals surface area contributed by atoms with Gasteiger partial charge in [0.25, 0.3) is 0 Å². The summed E-state index contributed by atoms with van der Waals surface area (Å²) in [5, 5.41) is 11.8. The summed E-state index contributed by atoms with van der Waals surface area (Å²) in [5.74, 6) is 0. The van der Waals surface area contributed by atoms with Crippen LogP contribution in [0.3, 0.4) is 0 Å². The molecule has 2 aliphatic rings. The van der Waals surface area contributed by atoms with E-state index in [1.807, 2.05) is 31.3 Å². The van der Waals surface area contributed by atoms with Crippen LogP contribution in [-0.4, -0.2) is 47.8 Å². The van der Waals surface area contributed by atoms with Crippen molar-refractivity contribution in [2.24, 2.45) is 21.1 Å². The smallest absolute Gasteiger partial charge is 0.0804 e. The summed E-state index contributed by atoms with van der Waals surface area (Å²) in [6, 6.07) is 22.9. The predicted octanol–water partition coefficient (Wildman–Crippen LogP) is 4.39. The fourth-order valence-corrected chi connectivity index (χ4v) is 5.07. The number of aromatic nitrogens is 6. The van der Waals surface area contributed by atoms with Crippen LogP contribution in [0.15, 0.2) is 71.3 Å². The monoisotopic (exact) mass is 768 g/mol.